The van der Waals surface area contributed by atoms with E-state index in [-0.39, 0.29) is 11.8 Å². The number of amides is 2. The first kappa shape index (κ1) is 18.7. The number of likely N-dealkylation sites (N-methyl/N-ethyl adjacent to an activating group) is 1. The summed E-state index contributed by atoms with van der Waals surface area (Å²) in [6.07, 6.45) is 1.74. The molecule has 0 heterocycles. The molecule has 2 N–H and O–H groups in total. The van der Waals surface area contributed by atoms with Gasteiger partial charge >= 0.3 is 0 Å². The lowest BCUT2D eigenvalue weighted by Gasteiger charge is -2.08. The number of rotatable bonds is 7. The molecular weight excluding hydrogens is 312 g/mol. The van der Waals surface area contributed by atoms with Gasteiger partial charge in [0.1, 0.15) is 0 Å². The molecule has 2 amide bonds. The van der Waals surface area contributed by atoms with Crippen LogP contribution in [-0.2, 0) is 28.9 Å². The zero-order valence-corrected chi connectivity index (χ0v) is 15.1. The Labute approximate surface area is 149 Å². The molecule has 0 unspecified atom stereocenters. The van der Waals surface area contributed by atoms with E-state index in [2.05, 4.69) is 36.6 Å². The Morgan fingerprint density at radius 2 is 1.28 bits per heavy atom. The molecule has 0 bridgehead atoms. The predicted molar refractivity (Wildman–Crippen MR) is 102 cm³/mol. The van der Waals surface area contributed by atoms with Crippen molar-refractivity contribution in [2.75, 3.05) is 12.4 Å². The molecule has 2 aromatic carbocycles. The van der Waals surface area contributed by atoms with Crippen molar-refractivity contribution >= 4 is 17.5 Å². The minimum atomic E-state index is -0.0457. The Morgan fingerprint density at radius 3 is 1.80 bits per heavy atom. The van der Waals surface area contributed by atoms with Crippen molar-refractivity contribution in [3.05, 3.63) is 65.2 Å². The SMILES string of the molecule is CNC(=O)Cc1ccc(NC(=O)Cc2ccc(CC(C)C)cc2)cc1. The summed E-state index contributed by atoms with van der Waals surface area (Å²) in [6.45, 7) is 4.39. The number of hydrogen-bond donors (Lipinski definition) is 2. The third-order valence-electron chi connectivity index (χ3n) is 3.91. The normalized spacial score (nSPS) is 10.6. The summed E-state index contributed by atoms with van der Waals surface area (Å²) in [5, 5.41) is 5.49. The Morgan fingerprint density at radius 1 is 0.800 bits per heavy atom. The molecule has 0 aromatic heterocycles. The highest BCUT2D eigenvalue weighted by molar-refractivity contribution is 5.92. The standard InChI is InChI=1S/C21H26N2O2/c1-15(2)12-16-4-6-17(7-5-16)14-21(25)23-19-10-8-18(9-11-19)13-20(24)22-3/h4-11,15H,12-14H2,1-3H3,(H,22,24)(H,23,25). The van der Waals surface area contributed by atoms with Crippen molar-refractivity contribution < 1.29 is 9.59 Å². The summed E-state index contributed by atoms with van der Waals surface area (Å²) in [7, 11) is 1.62. The van der Waals surface area contributed by atoms with E-state index < -0.39 is 0 Å². The lowest BCUT2D eigenvalue weighted by atomic mass is 10.0. The summed E-state index contributed by atoms with van der Waals surface area (Å²) in [4.78, 5) is 23.5. The second-order valence-corrected chi connectivity index (χ2v) is 6.69. The quantitative estimate of drug-likeness (QED) is 0.813. The summed E-state index contributed by atoms with van der Waals surface area (Å²) in [6, 6.07) is 15.6. The van der Waals surface area contributed by atoms with E-state index in [4.69, 9.17) is 0 Å². The molecule has 0 radical (unpaired) electrons. The molecule has 25 heavy (non-hydrogen) atoms. The molecule has 0 saturated carbocycles. The maximum Gasteiger partial charge on any atom is 0.228 e. The van der Waals surface area contributed by atoms with E-state index in [0.717, 1.165) is 23.2 Å². The summed E-state index contributed by atoms with van der Waals surface area (Å²) < 4.78 is 0. The van der Waals surface area contributed by atoms with Gasteiger partial charge < -0.3 is 10.6 Å². The fourth-order valence-electron chi connectivity index (χ4n) is 2.63. The predicted octanol–water partition coefficient (Wildman–Crippen LogP) is 3.35. The van der Waals surface area contributed by atoms with Crippen LogP contribution in [0.15, 0.2) is 48.5 Å². The molecule has 0 saturated heterocycles. The third kappa shape index (κ3) is 6.42. The van der Waals surface area contributed by atoms with Crippen molar-refractivity contribution in [2.24, 2.45) is 5.92 Å². The molecule has 0 aliphatic rings. The minimum Gasteiger partial charge on any atom is -0.359 e. The smallest absolute Gasteiger partial charge is 0.228 e. The van der Waals surface area contributed by atoms with E-state index in [1.54, 1.807) is 7.05 Å². The van der Waals surface area contributed by atoms with E-state index in [1.165, 1.54) is 5.56 Å². The topological polar surface area (TPSA) is 58.2 Å². The van der Waals surface area contributed by atoms with Crippen molar-refractivity contribution in [3.8, 4) is 0 Å². The van der Waals surface area contributed by atoms with E-state index in [9.17, 15) is 9.59 Å². The first-order valence-corrected chi connectivity index (χ1v) is 8.63. The Balaban J connectivity index is 1.88. The number of carbonyl (C=O) groups excluding carboxylic acids is 2. The molecule has 4 nitrogen and oxygen atoms in total. The fraction of sp³-hybridized carbons (Fsp3) is 0.333. The first-order valence-electron chi connectivity index (χ1n) is 8.63. The van der Waals surface area contributed by atoms with Gasteiger partial charge in [-0.3, -0.25) is 9.59 Å². The van der Waals surface area contributed by atoms with Gasteiger partial charge in [-0.25, -0.2) is 0 Å². The van der Waals surface area contributed by atoms with Crippen molar-refractivity contribution in [1.29, 1.82) is 0 Å². The average molecular weight is 338 g/mol. The van der Waals surface area contributed by atoms with Gasteiger partial charge in [-0.1, -0.05) is 50.2 Å². The van der Waals surface area contributed by atoms with Crippen LogP contribution in [0.3, 0.4) is 0 Å². The van der Waals surface area contributed by atoms with Crippen LogP contribution in [0, 0.1) is 5.92 Å². The van der Waals surface area contributed by atoms with E-state index in [0.29, 0.717) is 18.8 Å². The van der Waals surface area contributed by atoms with Crippen LogP contribution < -0.4 is 10.6 Å². The number of hydrogen-bond acceptors (Lipinski definition) is 2. The van der Waals surface area contributed by atoms with Crippen molar-refractivity contribution in [1.82, 2.24) is 5.32 Å². The number of benzene rings is 2. The minimum absolute atomic E-state index is 0.0299. The first-order chi connectivity index (χ1) is 12.0. The second kappa shape index (κ2) is 9.02. The van der Waals surface area contributed by atoms with Gasteiger partial charge in [0.05, 0.1) is 12.8 Å². The van der Waals surface area contributed by atoms with Crippen LogP contribution in [0.5, 0.6) is 0 Å². The zero-order valence-electron chi connectivity index (χ0n) is 15.1. The highest BCUT2D eigenvalue weighted by Gasteiger charge is 2.06. The van der Waals surface area contributed by atoms with Crippen LogP contribution in [0.25, 0.3) is 0 Å². The number of carbonyl (C=O) groups is 2. The van der Waals surface area contributed by atoms with E-state index >= 15 is 0 Å². The largest absolute Gasteiger partial charge is 0.359 e. The Kier molecular flexibility index (Phi) is 6.75. The van der Waals surface area contributed by atoms with Gasteiger partial charge in [0.2, 0.25) is 11.8 Å². The second-order valence-electron chi connectivity index (χ2n) is 6.69. The number of anilines is 1. The van der Waals surface area contributed by atoms with Gasteiger partial charge in [0.15, 0.2) is 0 Å². The van der Waals surface area contributed by atoms with Gasteiger partial charge in [-0.05, 0) is 41.2 Å². The Hall–Kier alpha value is -2.62. The van der Waals surface area contributed by atoms with Gasteiger partial charge in [0, 0.05) is 12.7 Å². The molecule has 4 heteroatoms. The summed E-state index contributed by atoms with van der Waals surface area (Å²) in [5.74, 6) is 0.550. The van der Waals surface area contributed by atoms with Crippen molar-refractivity contribution in [2.45, 2.75) is 33.1 Å². The van der Waals surface area contributed by atoms with E-state index in [1.807, 2.05) is 36.4 Å². The fourth-order valence-corrected chi connectivity index (χ4v) is 2.63. The lowest BCUT2D eigenvalue weighted by Crippen LogP contribution is -2.20. The van der Waals surface area contributed by atoms with Gasteiger partial charge in [-0.2, -0.15) is 0 Å². The molecule has 0 aliphatic heterocycles. The van der Waals surface area contributed by atoms with Crippen LogP contribution in [-0.4, -0.2) is 18.9 Å². The highest BCUT2D eigenvalue weighted by atomic mass is 16.2. The maximum absolute atomic E-state index is 12.2. The average Bonchev–Trinajstić information content (AvgIpc) is 2.58. The monoisotopic (exact) mass is 338 g/mol. The molecule has 0 spiro atoms. The summed E-state index contributed by atoms with van der Waals surface area (Å²) >= 11 is 0. The molecule has 2 rings (SSSR count). The van der Waals surface area contributed by atoms with Gasteiger partial charge in [0.25, 0.3) is 0 Å². The van der Waals surface area contributed by atoms with Crippen LogP contribution in [0.1, 0.15) is 30.5 Å². The van der Waals surface area contributed by atoms with Crippen LogP contribution in [0.4, 0.5) is 5.69 Å². The molecule has 132 valence electrons. The van der Waals surface area contributed by atoms with Crippen LogP contribution >= 0.6 is 0 Å². The molecule has 0 aliphatic carbocycles. The molecule has 2 aromatic rings. The lowest BCUT2D eigenvalue weighted by molar-refractivity contribution is -0.120. The third-order valence-corrected chi connectivity index (χ3v) is 3.91. The summed E-state index contributed by atoms with van der Waals surface area (Å²) in [5.41, 5.74) is 3.95. The maximum atomic E-state index is 12.2. The molecule has 0 fully saturated rings. The van der Waals surface area contributed by atoms with Gasteiger partial charge in [-0.15, -0.1) is 0 Å². The molecule has 0 atom stereocenters. The van der Waals surface area contributed by atoms with Crippen LogP contribution in [0.2, 0.25) is 0 Å². The Bertz CT molecular complexity index is 704. The number of nitrogens with one attached hydrogen (secondary N) is 2. The highest BCUT2D eigenvalue weighted by Crippen LogP contribution is 2.13. The van der Waals surface area contributed by atoms with Crippen molar-refractivity contribution in [3.63, 3.8) is 0 Å². The zero-order chi connectivity index (χ0) is 18.2. The molecular formula is C21H26N2O2.